The molecule has 1 aromatic rings. The van der Waals surface area contributed by atoms with E-state index in [0.29, 0.717) is 13.0 Å². The van der Waals surface area contributed by atoms with Gasteiger partial charge in [0.15, 0.2) is 0 Å². The monoisotopic (exact) mass is 288 g/mol. The van der Waals surface area contributed by atoms with Crippen molar-refractivity contribution in [2.75, 3.05) is 0 Å². The Labute approximate surface area is 123 Å². The molecular formula is C16H20N2O3. The van der Waals surface area contributed by atoms with Gasteiger partial charge in [-0.15, -0.1) is 0 Å². The summed E-state index contributed by atoms with van der Waals surface area (Å²) in [6, 6.07) is 7.82. The fourth-order valence-corrected chi connectivity index (χ4v) is 3.23. The molecule has 0 saturated heterocycles. The molecule has 1 amide bonds. The normalized spacial score (nSPS) is 22.8. The number of fused-ring (bicyclic) bond motifs is 1. The van der Waals surface area contributed by atoms with Crippen LogP contribution in [0.2, 0.25) is 0 Å². The molecule has 5 nitrogen and oxygen atoms in total. The second-order valence-electron chi connectivity index (χ2n) is 6.10. The molecule has 1 atom stereocenters. The van der Waals surface area contributed by atoms with E-state index in [4.69, 9.17) is 5.11 Å². The van der Waals surface area contributed by atoms with Gasteiger partial charge < -0.3 is 15.7 Å². The summed E-state index contributed by atoms with van der Waals surface area (Å²) in [5.41, 5.74) is 1.89. The molecule has 1 heterocycles. The highest BCUT2D eigenvalue weighted by atomic mass is 16.4. The molecule has 0 radical (unpaired) electrons. The van der Waals surface area contributed by atoms with Gasteiger partial charge in [-0.2, -0.15) is 0 Å². The molecule has 0 bridgehead atoms. The Bertz CT molecular complexity index is 566. The summed E-state index contributed by atoms with van der Waals surface area (Å²) in [7, 11) is 0. The van der Waals surface area contributed by atoms with Gasteiger partial charge in [0.25, 0.3) is 0 Å². The van der Waals surface area contributed by atoms with E-state index in [1.165, 1.54) is 11.1 Å². The standard InChI is InChI=1S/C16H20N2O3/c19-14(20)9-16(6-3-7-16)18-15(21)13-8-11-4-1-2-5-12(11)10-17-13/h1-2,4-5,13,17H,3,6-10H2,(H,18,21)(H,19,20). The van der Waals surface area contributed by atoms with Crippen LogP contribution in [0.1, 0.15) is 36.8 Å². The van der Waals surface area contributed by atoms with Crippen molar-refractivity contribution in [2.24, 2.45) is 0 Å². The van der Waals surface area contributed by atoms with Crippen LogP contribution >= 0.6 is 0 Å². The number of nitrogens with one attached hydrogen (secondary N) is 2. The number of benzene rings is 1. The highest BCUT2D eigenvalue weighted by Gasteiger charge is 2.41. The van der Waals surface area contributed by atoms with Crippen LogP contribution < -0.4 is 10.6 Å². The van der Waals surface area contributed by atoms with Gasteiger partial charge in [-0.3, -0.25) is 9.59 Å². The fraction of sp³-hybridized carbons (Fsp3) is 0.500. The average molecular weight is 288 g/mol. The van der Waals surface area contributed by atoms with Gasteiger partial charge in [-0.1, -0.05) is 24.3 Å². The summed E-state index contributed by atoms with van der Waals surface area (Å²) in [5, 5.41) is 15.2. The van der Waals surface area contributed by atoms with Crippen molar-refractivity contribution in [2.45, 2.75) is 50.2 Å². The summed E-state index contributed by atoms with van der Waals surface area (Å²) in [6.45, 7) is 0.681. The largest absolute Gasteiger partial charge is 0.481 e. The minimum Gasteiger partial charge on any atom is -0.481 e. The predicted molar refractivity (Wildman–Crippen MR) is 77.8 cm³/mol. The van der Waals surface area contributed by atoms with Gasteiger partial charge >= 0.3 is 5.97 Å². The number of hydrogen-bond donors (Lipinski definition) is 3. The topological polar surface area (TPSA) is 78.4 Å². The first-order valence-electron chi connectivity index (χ1n) is 7.42. The summed E-state index contributed by atoms with van der Waals surface area (Å²) >= 11 is 0. The summed E-state index contributed by atoms with van der Waals surface area (Å²) in [6.07, 6.45) is 3.17. The molecule has 2 aliphatic rings. The molecule has 0 spiro atoms. The van der Waals surface area contributed by atoms with Crippen LogP contribution in [0.25, 0.3) is 0 Å². The number of carbonyl (C=O) groups is 2. The predicted octanol–water partition coefficient (Wildman–Crippen LogP) is 1.21. The molecule has 1 unspecified atom stereocenters. The summed E-state index contributed by atoms with van der Waals surface area (Å²) in [4.78, 5) is 23.4. The van der Waals surface area contributed by atoms with Crippen molar-refractivity contribution in [3.8, 4) is 0 Å². The van der Waals surface area contributed by atoms with Crippen LogP contribution in [0.15, 0.2) is 24.3 Å². The van der Waals surface area contributed by atoms with Gasteiger partial charge in [0.05, 0.1) is 18.0 Å². The zero-order valence-electron chi connectivity index (χ0n) is 11.9. The lowest BCUT2D eigenvalue weighted by molar-refractivity contribution is -0.140. The maximum atomic E-state index is 12.4. The lowest BCUT2D eigenvalue weighted by Crippen LogP contribution is -2.59. The zero-order valence-corrected chi connectivity index (χ0v) is 11.9. The van der Waals surface area contributed by atoms with E-state index in [1.807, 2.05) is 18.2 Å². The molecule has 5 heteroatoms. The number of carboxylic acid groups (broad SMARTS) is 1. The third-order valence-corrected chi connectivity index (χ3v) is 4.59. The van der Waals surface area contributed by atoms with Crippen LogP contribution in [-0.2, 0) is 22.6 Å². The van der Waals surface area contributed by atoms with E-state index in [0.717, 1.165) is 19.3 Å². The number of carboxylic acids is 1. The Kier molecular flexibility index (Phi) is 3.68. The lowest BCUT2D eigenvalue weighted by Gasteiger charge is -2.42. The molecule has 0 aromatic heterocycles. The second kappa shape index (κ2) is 5.48. The van der Waals surface area contributed by atoms with E-state index in [-0.39, 0.29) is 18.4 Å². The first-order valence-corrected chi connectivity index (χ1v) is 7.42. The summed E-state index contributed by atoms with van der Waals surface area (Å²) in [5.74, 6) is -0.928. The first kappa shape index (κ1) is 14.1. The van der Waals surface area contributed by atoms with E-state index < -0.39 is 11.5 Å². The Morgan fingerprint density at radius 1 is 1.29 bits per heavy atom. The smallest absolute Gasteiger partial charge is 0.305 e. The molecular weight excluding hydrogens is 268 g/mol. The number of aliphatic carboxylic acids is 1. The maximum absolute atomic E-state index is 12.4. The van der Waals surface area contributed by atoms with Crippen LogP contribution in [0, 0.1) is 0 Å². The Balaban J connectivity index is 1.65. The number of carbonyl (C=O) groups excluding carboxylic acids is 1. The SMILES string of the molecule is O=C(O)CC1(NC(=O)C2Cc3ccccc3CN2)CCC1. The fourth-order valence-electron chi connectivity index (χ4n) is 3.23. The molecule has 3 rings (SSSR count). The van der Waals surface area contributed by atoms with E-state index in [9.17, 15) is 9.59 Å². The van der Waals surface area contributed by atoms with Crippen LogP contribution in [0.3, 0.4) is 0 Å². The van der Waals surface area contributed by atoms with Crippen molar-refractivity contribution < 1.29 is 14.7 Å². The average Bonchev–Trinajstić information content (AvgIpc) is 2.43. The van der Waals surface area contributed by atoms with E-state index in [1.54, 1.807) is 0 Å². The van der Waals surface area contributed by atoms with Crippen molar-refractivity contribution in [1.82, 2.24) is 10.6 Å². The first-order chi connectivity index (χ1) is 10.1. The maximum Gasteiger partial charge on any atom is 0.305 e. The third-order valence-electron chi connectivity index (χ3n) is 4.59. The van der Waals surface area contributed by atoms with Crippen LogP contribution in [0.5, 0.6) is 0 Å². The molecule has 1 aliphatic carbocycles. The second-order valence-corrected chi connectivity index (χ2v) is 6.10. The number of hydrogen-bond acceptors (Lipinski definition) is 3. The van der Waals surface area contributed by atoms with Gasteiger partial charge in [0.2, 0.25) is 5.91 Å². The highest BCUT2D eigenvalue weighted by Crippen LogP contribution is 2.35. The molecule has 21 heavy (non-hydrogen) atoms. The quantitative estimate of drug-likeness (QED) is 0.778. The van der Waals surface area contributed by atoms with Gasteiger partial charge in [0.1, 0.15) is 0 Å². The number of amides is 1. The molecule has 3 N–H and O–H groups in total. The molecule has 1 aromatic carbocycles. The van der Waals surface area contributed by atoms with Gasteiger partial charge in [0, 0.05) is 6.54 Å². The Morgan fingerprint density at radius 3 is 2.62 bits per heavy atom. The third kappa shape index (κ3) is 2.93. The highest BCUT2D eigenvalue weighted by molar-refractivity contribution is 5.84. The van der Waals surface area contributed by atoms with Crippen molar-refractivity contribution in [3.05, 3.63) is 35.4 Å². The van der Waals surface area contributed by atoms with Gasteiger partial charge in [-0.25, -0.2) is 0 Å². The minimum atomic E-state index is -0.850. The Morgan fingerprint density at radius 2 is 2.00 bits per heavy atom. The van der Waals surface area contributed by atoms with Crippen molar-refractivity contribution >= 4 is 11.9 Å². The van der Waals surface area contributed by atoms with Crippen LogP contribution in [0.4, 0.5) is 0 Å². The molecule has 1 fully saturated rings. The van der Waals surface area contributed by atoms with Crippen molar-refractivity contribution in [1.29, 1.82) is 0 Å². The van der Waals surface area contributed by atoms with E-state index in [2.05, 4.69) is 16.7 Å². The van der Waals surface area contributed by atoms with Crippen LogP contribution in [-0.4, -0.2) is 28.6 Å². The molecule has 112 valence electrons. The molecule has 1 aliphatic heterocycles. The van der Waals surface area contributed by atoms with E-state index >= 15 is 0 Å². The summed E-state index contributed by atoms with van der Waals surface area (Å²) < 4.78 is 0. The minimum absolute atomic E-state index is 0.0159. The Hall–Kier alpha value is -1.88. The van der Waals surface area contributed by atoms with Crippen molar-refractivity contribution in [3.63, 3.8) is 0 Å². The van der Waals surface area contributed by atoms with Gasteiger partial charge in [-0.05, 0) is 36.8 Å². The molecule has 1 saturated carbocycles. The number of rotatable bonds is 4. The lowest BCUT2D eigenvalue weighted by atomic mass is 9.74. The zero-order chi connectivity index (χ0) is 14.9.